The van der Waals surface area contributed by atoms with Crippen molar-refractivity contribution in [1.82, 2.24) is 5.32 Å². The number of nitrogens with one attached hydrogen (secondary N) is 1. The number of ether oxygens (including phenoxy) is 1. The summed E-state index contributed by atoms with van der Waals surface area (Å²) in [5.41, 5.74) is 1.19. The lowest BCUT2D eigenvalue weighted by Crippen LogP contribution is -2.46. The molecule has 3 aromatic rings. The quantitative estimate of drug-likeness (QED) is 0.594. The summed E-state index contributed by atoms with van der Waals surface area (Å²) >= 11 is 12.1. The number of hydrogen-bond acceptors (Lipinski definition) is 2. The molecule has 1 N–H and O–H groups in total. The number of benzene rings is 3. The van der Waals surface area contributed by atoms with Crippen LogP contribution in [0.1, 0.15) is 11.7 Å². The first-order chi connectivity index (χ1) is 11.7. The van der Waals surface area contributed by atoms with Crippen molar-refractivity contribution in [2.75, 3.05) is 13.1 Å². The van der Waals surface area contributed by atoms with Crippen LogP contribution in [0, 0.1) is 5.92 Å². The first kappa shape index (κ1) is 18.3. The molecule has 0 bridgehead atoms. The van der Waals surface area contributed by atoms with Crippen molar-refractivity contribution in [3.8, 4) is 5.75 Å². The van der Waals surface area contributed by atoms with Crippen molar-refractivity contribution < 1.29 is 4.74 Å². The predicted molar refractivity (Wildman–Crippen MR) is 107 cm³/mol. The second-order valence-corrected chi connectivity index (χ2v) is 6.95. The fraction of sp³-hybridized carbons (Fsp3) is 0.200. The smallest absolute Gasteiger partial charge is 0.129 e. The first-order valence-electron chi connectivity index (χ1n) is 8.02. The Labute approximate surface area is 163 Å². The highest BCUT2D eigenvalue weighted by Gasteiger charge is 2.30. The lowest BCUT2D eigenvalue weighted by atomic mass is 9.89. The summed E-state index contributed by atoms with van der Waals surface area (Å²) in [5.74, 6) is 1.19. The van der Waals surface area contributed by atoms with E-state index >= 15 is 0 Å². The molecule has 25 heavy (non-hydrogen) atoms. The molecule has 0 aromatic heterocycles. The molecular formula is C20H18Cl3NO. The van der Waals surface area contributed by atoms with Crippen LogP contribution in [0.5, 0.6) is 5.75 Å². The molecule has 0 spiro atoms. The van der Waals surface area contributed by atoms with Crippen LogP contribution in [0.3, 0.4) is 0 Å². The van der Waals surface area contributed by atoms with E-state index in [1.54, 1.807) is 12.1 Å². The minimum Gasteiger partial charge on any atom is -0.485 e. The molecule has 130 valence electrons. The monoisotopic (exact) mass is 393 g/mol. The zero-order chi connectivity index (χ0) is 16.5. The van der Waals surface area contributed by atoms with E-state index in [2.05, 4.69) is 47.8 Å². The Hall–Kier alpha value is -1.45. The van der Waals surface area contributed by atoms with Crippen molar-refractivity contribution in [2.45, 2.75) is 6.10 Å². The molecule has 0 saturated carbocycles. The Morgan fingerprint density at radius 1 is 0.880 bits per heavy atom. The third-order valence-electron chi connectivity index (χ3n) is 4.50. The van der Waals surface area contributed by atoms with Gasteiger partial charge in [-0.1, -0.05) is 59.6 Å². The van der Waals surface area contributed by atoms with E-state index < -0.39 is 0 Å². The highest BCUT2D eigenvalue weighted by atomic mass is 35.5. The van der Waals surface area contributed by atoms with Gasteiger partial charge in [-0.05, 0) is 34.5 Å². The summed E-state index contributed by atoms with van der Waals surface area (Å²) in [4.78, 5) is 0. The number of rotatable bonds is 4. The maximum Gasteiger partial charge on any atom is 0.129 e. The number of fused-ring (bicyclic) bond motifs is 1. The lowest BCUT2D eigenvalue weighted by molar-refractivity contribution is 0.0994. The average molecular weight is 395 g/mol. The van der Waals surface area contributed by atoms with Gasteiger partial charge in [0.1, 0.15) is 11.9 Å². The van der Waals surface area contributed by atoms with Crippen molar-refractivity contribution in [3.05, 3.63) is 76.3 Å². The molecule has 1 unspecified atom stereocenters. The van der Waals surface area contributed by atoms with Crippen LogP contribution in [-0.4, -0.2) is 13.1 Å². The van der Waals surface area contributed by atoms with Gasteiger partial charge < -0.3 is 10.1 Å². The summed E-state index contributed by atoms with van der Waals surface area (Å²) in [5, 5.41) is 6.84. The molecule has 1 aliphatic rings. The van der Waals surface area contributed by atoms with E-state index in [4.69, 9.17) is 27.9 Å². The molecule has 1 heterocycles. The van der Waals surface area contributed by atoms with Crippen molar-refractivity contribution >= 4 is 46.4 Å². The molecule has 3 aromatic carbocycles. The molecule has 1 saturated heterocycles. The second-order valence-electron chi connectivity index (χ2n) is 6.14. The standard InChI is InChI=1S/C20H17Cl2NO.ClH/c21-18-8-7-17(10-19(18)22)24-20(16-11-23-12-16)15-6-5-13-3-1-2-4-14(13)9-15;/h1-10,16,20,23H,11-12H2;1H. The summed E-state index contributed by atoms with van der Waals surface area (Å²) in [6.07, 6.45) is -0.00639. The molecule has 1 fully saturated rings. The topological polar surface area (TPSA) is 21.3 Å². The summed E-state index contributed by atoms with van der Waals surface area (Å²) in [6.45, 7) is 1.91. The van der Waals surface area contributed by atoms with Gasteiger partial charge in [0.2, 0.25) is 0 Å². The minimum atomic E-state index is -0.00639. The highest BCUT2D eigenvalue weighted by molar-refractivity contribution is 6.42. The van der Waals surface area contributed by atoms with Gasteiger partial charge >= 0.3 is 0 Å². The van der Waals surface area contributed by atoms with E-state index in [1.165, 1.54) is 16.3 Å². The number of halogens is 3. The van der Waals surface area contributed by atoms with Crippen LogP contribution in [0.15, 0.2) is 60.7 Å². The van der Waals surface area contributed by atoms with Crippen LogP contribution < -0.4 is 10.1 Å². The maximum absolute atomic E-state index is 6.31. The predicted octanol–water partition coefficient (Wildman–Crippen LogP) is 5.91. The molecule has 1 aliphatic heterocycles. The third kappa shape index (κ3) is 3.88. The lowest BCUT2D eigenvalue weighted by Gasteiger charge is -2.35. The Morgan fingerprint density at radius 3 is 2.32 bits per heavy atom. The SMILES string of the molecule is Cl.Clc1ccc(OC(c2ccc3ccccc3c2)C2CNC2)cc1Cl. The minimum absolute atomic E-state index is 0. The molecule has 0 amide bonds. The Kier molecular flexibility index (Phi) is 5.75. The molecule has 2 nitrogen and oxygen atoms in total. The fourth-order valence-electron chi connectivity index (χ4n) is 3.04. The first-order valence-corrected chi connectivity index (χ1v) is 8.77. The summed E-state index contributed by atoms with van der Waals surface area (Å²) < 4.78 is 6.31. The maximum atomic E-state index is 6.31. The molecule has 1 atom stereocenters. The van der Waals surface area contributed by atoms with E-state index in [0.29, 0.717) is 16.0 Å². The van der Waals surface area contributed by atoms with Crippen molar-refractivity contribution in [2.24, 2.45) is 5.92 Å². The van der Waals surface area contributed by atoms with Crippen molar-refractivity contribution in [1.29, 1.82) is 0 Å². The normalized spacial score (nSPS) is 15.3. The largest absolute Gasteiger partial charge is 0.485 e. The molecule has 4 rings (SSSR count). The van der Waals surface area contributed by atoms with Gasteiger partial charge in [-0.2, -0.15) is 0 Å². The van der Waals surface area contributed by atoms with E-state index in [-0.39, 0.29) is 18.5 Å². The zero-order valence-corrected chi connectivity index (χ0v) is 15.7. The molecule has 0 radical (unpaired) electrons. The van der Waals surface area contributed by atoms with Crippen LogP contribution in [0.2, 0.25) is 10.0 Å². The molecule has 5 heteroatoms. The highest BCUT2D eigenvalue weighted by Crippen LogP contribution is 2.34. The van der Waals surface area contributed by atoms with Gasteiger partial charge in [-0.25, -0.2) is 0 Å². The summed E-state index contributed by atoms with van der Waals surface area (Å²) in [6, 6.07) is 20.3. The van der Waals surface area contributed by atoms with Gasteiger partial charge in [0, 0.05) is 25.1 Å². The van der Waals surface area contributed by atoms with Gasteiger partial charge in [-0.15, -0.1) is 12.4 Å². The van der Waals surface area contributed by atoms with E-state index in [1.807, 2.05) is 6.07 Å². The van der Waals surface area contributed by atoms with Gasteiger partial charge in [0.25, 0.3) is 0 Å². The van der Waals surface area contributed by atoms with Gasteiger partial charge in [-0.3, -0.25) is 0 Å². The zero-order valence-electron chi connectivity index (χ0n) is 13.4. The number of hydrogen-bond donors (Lipinski definition) is 1. The van der Waals surface area contributed by atoms with Crippen molar-refractivity contribution in [3.63, 3.8) is 0 Å². The van der Waals surface area contributed by atoms with Gasteiger partial charge in [0.15, 0.2) is 0 Å². The Morgan fingerprint density at radius 2 is 1.64 bits per heavy atom. The van der Waals surface area contributed by atoms with Gasteiger partial charge in [0.05, 0.1) is 10.0 Å². The average Bonchev–Trinajstić information content (AvgIpc) is 2.55. The Bertz CT molecular complexity index is 880. The van der Waals surface area contributed by atoms with E-state index in [9.17, 15) is 0 Å². The Balaban J connectivity index is 0.00000182. The second kappa shape index (κ2) is 7.84. The van der Waals surface area contributed by atoms with Crippen LogP contribution >= 0.6 is 35.6 Å². The fourth-order valence-corrected chi connectivity index (χ4v) is 3.33. The third-order valence-corrected chi connectivity index (χ3v) is 5.24. The molecule has 0 aliphatic carbocycles. The molecular weight excluding hydrogens is 377 g/mol. The van der Waals surface area contributed by atoms with E-state index in [0.717, 1.165) is 18.8 Å². The summed E-state index contributed by atoms with van der Waals surface area (Å²) in [7, 11) is 0. The van der Waals surface area contributed by atoms with Crippen LogP contribution in [-0.2, 0) is 0 Å². The van der Waals surface area contributed by atoms with Crippen LogP contribution in [0.25, 0.3) is 10.8 Å². The van der Waals surface area contributed by atoms with Crippen LogP contribution in [0.4, 0.5) is 0 Å².